The zero-order valence-corrected chi connectivity index (χ0v) is 13.1. The van der Waals surface area contributed by atoms with Gasteiger partial charge in [-0.05, 0) is 17.7 Å². The van der Waals surface area contributed by atoms with Crippen LogP contribution >= 0.6 is 0 Å². The van der Waals surface area contributed by atoms with Gasteiger partial charge in [0.15, 0.2) is 0 Å². The van der Waals surface area contributed by atoms with Gasteiger partial charge in [0.2, 0.25) is 0 Å². The fraction of sp³-hybridized carbons (Fsp3) is 0.167. The lowest BCUT2D eigenvalue weighted by atomic mass is 10.2. The standard InChI is InChI=1S/C18H18N4O2/c23-17-15(7-4-9-20-17)18(24)21-10-8-16-19-11-12-22(16)13-14-5-2-1-3-6-14/h1-7,9,11-12H,8,10,13H2,(H,20,23)(H,21,24). The van der Waals surface area contributed by atoms with Crippen LogP contribution in [0.1, 0.15) is 21.7 Å². The summed E-state index contributed by atoms with van der Waals surface area (Å²) in [4.78, 5) is 30.4. The second kappa shape index (κ2) is 7.41. The third kappa shape index (κ3) is 3.78. The number of pyridine rings is 1. The SMILES string of the molecule is O=C(NCCc1nccn1Cc1ccccc1)c1ccc[nH]c1=O. The highest BCUT2D eigenvalue weighted by molar-refractivity contribution is 5.93. The molecular formula is C18H18N4O2. The monoisotopic (exact) mass is 322 g/mol. The van der Waals surface area contributed by atoms with Crippen LogP contribution < -0.4 is 10.9 Å². The number of benzene rings is 1. The minimum atomic E-state index is -0.388. The lowest BCUT2D eigenvalue weighted by molar-refractivity contribution is 0.0952. The van der Waals surface area contributed by atoms with E-state index >= 15 is 0 Å². The van der Waals surface area contributed by atoms with Gasteiger partial charge in [0, 0.05) is 38.1 Å². The lowest BCUT2D eigenvalue weighted by Crippen LogP contribution is -2.31. The van der Waals surface area contributed by atoms with Crippen LogP contribution in [-0.4, -0.2) is 27.0 Å². The number of aromatic nitrogens is 3. The molecule has 0 atom stereocenters. The Morgan fingerprint density at radius 3 is 2.79 bits per heavy atom. The van der Waals surface area contributed by atoms with E-state index in [1.54, 1.807) is 12.3 Å². The van der Waals surface area contributed by atoms with Crippen molar-refractivity contribution in [1.82, 2.24) is 19.9 Å². The zero-order valence-electron chi connectivity index (χ0n) is 13.1. The summed E-state index contributed by atoms with van der Waals surface area (Å²) in [6.45, 7) is 1.15. The molecule has 3 aromatic rings. The Kier molecular flexibility index (Phi) is 4.86. The van der Waals surface area contributed by atoms with Gasteiger partial charge in [0.05, 0.1) is 0 Å². The molecule has 2 aromatic heterocycles. The number of hydrogen-bond donors (Lipinski definition) is 2. The normalized spacial score (nSPS) is 10.5. The third-order valence-electron chi connectivity index (χ3n) is 3.69. The molecule has 0 bridgehead atoms. The lowest BCUT2D eigenvalue weighted by Gasteiger charge is -2.09. The summed E-state index contributed by atoms with van der Waals surface area (Å²) in [6.07, 6.45) is 5.77. The van der Waals surface area contributed by atoms with Gasteiger partial charge < -0.3 is 14.9 Å². The van der Waals surface area contributed by atoms with Crippen LogP contribution in [-0.2, 0) is 13.0 Å². The van der Waals surface area contributed by atoms with Crippen LogP contribution in [0.25, 0.3) is 0 Å². The smallest absolute Gasteiger partial charge is 0.260 e. The first-order chi connectivity index (χ1) is 11.7. The number of aromatic amines is 1. The summed E-state index contributed by atoms with van der Waals surface area (Å²) >= 11 is 0. The van der Waals surface area contributed by atoms with E-state index in [-0.39, 0.29) is 17.0 Å². The Balaban J connectivity index is 1.58. The van der Waals surface area contributed by atoms with E-state index in [2.05, 4.69) is 32.0 Å². The van der Waals surface area contributed by atoms with Gasteiger partial charge in [0.1, 0.15) is 11.4 Å². The minimum Gasteiger partial charge on any atom is -0.351 e. The Morgan fingerprint density at radius 2 is 2.00 bits per heavy atom. The van der Waals surface area contributed by atoms with Crippen LogP contribution in [0.2, 0.25) is 0 Å². The molecule has 2 heterocycles. The van der Waals surface area contributed by atoms with Crippen LogP contribution in [0, 0.1) is 0 Å². The van der Waals surface area contributed by atoms with Gasteiger partial charge >= 0.3 is 0 Å². The van der Waals surface area contributed by atoms with E-state index in [4.69, 9.17) is 0 Å². The average Bonchev–Trinajstić information content (AvgIpc) is 3.03. The molecule has 122 valence electrons. The predicted molar refractivity (Wildman–Crippen MR) is 90.9 cm³/mol. The van der Waals surface area contributed by atoms with Crippen molar-refractivity contribution >= 4 is 5.91 Å². The molecule has 1 aromatic carbocycles. The first kappa shape index (κ1) is 15.7. The Labute approximate surface area is 139 Å². The molecule has 0 fully saturated rings. The number of nitrogens with one attached hydrogen (secondary N) is 2. The molecule has 0 spiro atoms. The number of rotatable bonds is 6. The molecule has 1 amide bonds. The molecule has 6 nitrogen and oxygen atoms in total. The summed E-state index contributed by atoms with van der Waals surface area (Å²) in [5.41, 5.74) is 0.919. The Morgan fingerprint density at radius 1 is 1.17 bits per heavy atom. The molecule has 2 N–H and O–H groups in total. The molecule has 0 saturated carbocycles. The highest BCUT2D eigenvalue weighted by Crippen LogP contribution is 2.06. The van der Waals surface area contributed by atoms with Gasteiger partial charge in [-0.25, -0.2) is 4.98 Å². The quantitative estimate of drug-likeness (QED) is 0.723. The summed E-state index contributed by atoms with van der Waals surface area (Å²) in [5, 5.41) is 2.76. The van der Waals surface area contributed by atoms with Gasteiger partial charge in [-0.1, -0.05) is 30.3 Å². The Hall–Kier alpha value is -3.15. The minimum absolute atomic E-state index is 0.116. The van der Waals surface area contributed by atoms with Crippen molar-refractivity contribution in [2.24, 2.45) is 0 Å². The van der Waals surface area contributed by atoms with Crippen molar-refractivity contribution in [2.75, 3.05) is 6.54 Å². The summed E-state index contributed by atoms with van der Waals surface area (Å²) in [7, 11) is 0. The van der Waals surface area contributed by atoms with Crippen LogP contribution in [0.15, 0.2) is 65.8 Å². The second-order valence-electron chi connectivity index (χ2n) is 5.38. The largest absolute Gasteiger partial charge is 0.351 e. The van der Waals surface area contributed by atoms with Crippen molar-refractivity contribution in [1.29, 1.82) is 0 Å². The number of nitrogens with zero attached hydrogens (tertiary/aromatic N) is 2. The van der Waals surface area contributed by atoms with Crippen molar-refractivity contribution in [3.8, 4) is 0 Å². The van der Waals surface area contributed by atoms with E-state index < -0.39 is 0 Å². The average molecular weight is 322 g/mol. The zero-order chi connectivity index (χ0) is 16.8. The van der Waals surface area contributed by atoms with E-state index in [0.717, 1.165) is 12.4 Å². The van der Waals surface area contributed by atoms with Gasteiger partial charge in [-0.15, -0.1) is 0 Å². The van der Waals surface area contributed by atoms with E-state index in [1.165, 1.54) is 17.8 Å². The van der Waals surface area contributed by atoms with Crippen LogP contribution in [0.5, 0.6) is 0 Å². The molecule has 0 aliphatic heterocycles. The highest BCUT2D eigenvalue weighted by Gasteiger charge is 2.10. The van der Waals surface area contributed by atoms with E-state index in [9.17, 15) is 9.59 Å². The summed E-state index contributed by atoms with van der Waals surface area (Å²) in [5.74, 6) is 0.513. The highest BCUT2D eigenvalue weighted by atomic mass is 16.2. The molecular weight excluding hydrogens is 304 g/mol. The fourth-order valence-electron chi connectivity index (χ4n) is 2.48. The fourth-order valence-corrected chi connectivity index (χ4v) is 2.48. The molecule has 0 aliphatic carbocycles. The Bertz CT molecular complexity index is 868. The first-order valence-corrected chi connectivity index (χ1v) is 7.74. The summed E-state index contributed by atoms with van der Waals surface area (Å²) in [6, 6.07) is 13.3. The number of hydrogen-bond acceptors (Lipinski definition) is 3. The number of H-pyrrole nitrogens is 1. The molecule has 0 unspecified atom stereocenters. The number of carbonyl (C=O) groups is 1. The van der Waals surface area contributed by atoms with E-state index in [0.29, 0.717) is 13.0 Å². The van der Waals surface area contributed by atoms with Crippen molar-refractivity contribution in [3.05, 3.63) is 88.4 Å². The predicted octanol–water partition coefficient (Wildman–Crippen LogP) is 1.59. The second-order valence-corrected chi connectivity index (χ2v) is 5.38. The molecule has 0 saturated heterocycles. The third-order valence-corrected chi connectivity index (χ3v) is 3.69. The van der Waals surface area contributed by atoms with Gasteiger partial charge in [0.25, 0.3) is 11.5 Å². The number of amides is 1. The maximum Gasteiger partial charge on any atom is 0.260 e. The van der Waals surface area contributed by atoms with Crippen molar-refractivity contribution in [2.45, 2.75) is 13.0 Å². The molecule has 0 aliphatic rings. The van der Waals surface area contributed by atoms with Crippen LogP contribution in [0.3, 0.4) is 0 Å². The number of imidazole rings is 1. The van der Waals surface area contributed by atoms with Gasteiger partial charge in [-0.2, -0.15) is 0 Å². The molecule has 3 rings (SSSR count). The van der Waals surface area contributed by atoms with Crippen molar-refractivity contribution < 1.29 is 4.79 Å². The topological polar surface area (TPSA) is 79.8 Å². The molecule has 0 radical (unpaired) electrons. The first-order valence-electron chi connectivity index (χ1n) is 7.74. The maximum atomic E-state index is 12.0. The van der Waals surface area contributed by atoms with E-state index in [1.807, 2.05) is 24.4 Å². The van der Waals surface area contributed by atoms with Gasteiger partial charge in [-0.3, -0.25) is 9.59 Å². The summed E-state index contributed by atoms with van der Waals surface area (Å²) < 4.78 is 2.05. The van der Waals surface area contributed by atoms with Crippen molar-refractivity contribution in [3.63, 3.8) is 0 Å². The maximum absolute atomic E-state index is 12.0. The molecule has 6 heteroatoms. The molecule has 24 heavy (non-hydrogen) atoms. The van der Waals surface area contributed by atoms with Crippen LogP contribution in [0.4, 0.5) is 0 Å². The number of carbonyl (C=O) groups excluding carboxylic acids is 1.